The van der Waals surface area contributed by atoms with Crippen molar-refractivity contribution in [2.45, 2.75) is 134 Å². The average molecular weight is 1070 g/mol. The number of carbonyl (C=O) groups is 1. The highest BCUT2D eigenvalue weighted by Crippen LogP contribution is 2.44. The van der Waals surface area contributed by atoms with Gasteiger partial charge in [-0.3, -0.25) is 10.2 Å². The van der Waals surface area contributed by atoms with Crippen molar-refractivity contribution in [2.24, 2.45) is 11.3 Å². The van der Waals surface area contributed by atoms with Crippen LogP contribution in [0.2, 0.25) is 10.0 Å². The number of aromatic amines is 1. The van der Waals surface area contributed by atoms with E-state index in [1.165, 1.54) is 12.1 Å². The van der Waals surface area contributed by atoms with Gasteiger partial charge in [0.25, 0.3) is 4.84 Å². The van der Waals surface area contributed by atoms with Crippen LogP contribution < -0.4 is 31.4 Å². The molecule has 0 aliphatic heterocycles. The van der Waals surface area contributed by atoms with Crippen molar-refractivity contribution < 1.29 is 27.5 Å². The number of nitrogens with two attached hydrogens (primary N) is 1. The monoisotopic (exact) mass is 1070 g/mol. The van der Waals surface area contributed by atoms with Crippen molar-refractivity contribution in [3.05, 3.63) is 141 Å². The lowest BCUT2D eigenvalue weighted by atomic mass is 9.69. The second-order valence-electron chi connectivity index (χ2n) is 20.9. The molecule has 1 amide bonds. The predicted octanol–water partition coefficient (Wildman–Crippen LogP) is 12.2. The summed E-state index contributed by atoms with van der Waals surface area (Å²) in [5.74, 6) is 8.15. The van der Waals surface area contributed by atoms with Crippen LogP contribution in [0.25, 0.3) is 0 Å². The smallest absolute Gasteiger partial charge is 0.284 e. The Morgan fingerprint density at radius 3 is 1.64 bits per heavy atom. The summed E-state index contributed by atoms with van der Waals surface area (Å²) < 4.78 is 50.2. The number of anilines is 4. The Kier molecular flexibility index (Phi) is 16.5. The number of pyridine rings is 2. The zero-order valence-electron chi connectivity index (χ0n) is 42.2. The molecule has 392 valence electrons. The van der Waals surface area contributed by atoms with E-state index in [0.717, 1.165) is 28.8 Å². The molecule has 9 rings (SSSR count). The van der Waals surface area contributed by atoms with Crippen LogP contribution in [-0.2, 0) is 34.1 Å². The maximum Gasteiger partial charge on any atom is 0.284 e. The van der Waals surface area contributed by atoms with Crippen molar-refractivity contribution in [1.29, 1.82) is 0 Å². The van der Waals surface area contributed by atoms with Crippen LogP contribution in [0, 0.1) is 21.9 Å². The van der Waals surface area contributed by atoms with Crippen LogP contribution in [0.4, 0.5) is 32.1 Å². The fourth-order valence-corrected chi connectivity index (χ4v) is 10.2. The molecule has 21 heteroatoms. The molecule has 2 aliphatic carbocycles. The topological polar surface area (TPSA) is 201 Å². The molecule has 0 spiro atoms. The van der Waals surface area contributed by atoms with Gasteiger partial charge in [0.05, 0.1) is 56.6 Å². The summed E-state index contributed by atoms with van der Waals surface area (Å²) in [6.07, 6.45) is 9.13. The molecule has 2 aliphatic rings. The van der Waals surface area contributed by atoms with Gasteiger partial charge in [-0.1, -0.05) is 47.5 Å². The van der Waals surface area contributed by atoms with E-state index in [1.54, 1.807) is 36.7 Å². The van der Waals surface area contributed by atoms with E-state index in [1.807, 2.05) is 57.9 Å². The molecule has 2 fully saturated rings. The van der Waals surface area contributed by atoms with Crippen molar-refractivity contribution in [3.63, 3.8) is 0 Å². The predicted molar refractivity (Wildman–Crippen MR) is 284 cm³/mol. The number of hydrogen-bond acceptors (Lipinski definition) is 13. The van der Waals surface area contributed by atoms with Gasteiger partial charge in [-0.05, 0) is 154 Å². The number of nitrogens with zero attached hydrogens (tertiary/aromatic N) is 7. The number of aromatic nitrogens is 8. The molecule has 0 bridgehead atoms. The summed E-state index contributed by atoms with van der Waals surface area (Å²) >= 11 is 17.0. The van der Waals surface area contributed by atoms with Gasteiger partial charge >= 0.3 is 0 Å². The number of amides is 1. The zero-order valence-corrected chi connectivity index (χ0v) is 44.6. The van der Waals surface area contributed by atoms with Crippen LogP contribution in [0.15, 0.2) is 102 Å². The summed E-state index contributed by atoms with van der Waals surface area (Å²) in [6.45, 7) is 12.5. The number of carbonyl (C=O) groups excluding carboxylic acids is 1. The van der Waals surface area contributed by atoms with Gasteiger partial charge < -0.3 is 24.5 Å². The highest BCUT2D eigenvalue weighted by molar-refractivity contribution is 7.71. The molecule has 0 saturated heterocycles. The lowest BCUT2D eigenvalue weighted by Crippen LogP contribution is -2.48. The Morgan fingerprint density at radius 2 is 1.19 bits per heavy atom. The summed E-state index contributed by atoms with van der Waals surface area (Å²) in [4.78, 5) is 22.8. The number of hydrogen-bond donors (Lipinski definition) is 5. The maximum absolute atomic E-state index is 14.4. The average Bonchev–Trinajstić information content (AvgIpc) is 4.16. The number of benzene rings is 2. The van der Waals surface area contributed by atoms with Crippen LogP contribution in [-0.4, -0.2) is 57.8 Å². The Labute approximate surface area is 444 Å². The molecule has 16 nitrogen and oxygen atoms in total. The fourth-order valence-electron chi connectivity index (χ4n) is 9.71. The quantitative estimate of drug-likeness (QED) is 0.0298. The zero-order chi connectivity index (χ0) is 52.8. The van der Waals surface area contributed by atoms with Crippen molar-refractivity contribution in [2.75, 3.05) is 10.6 Å². The molecule has 74 heavy (non-hydrogen) atoms. The van der Waals surface area contributed by atoms with Crippen molar-refractivity contribution >= 4 is 64.6 Å². The molecule has 0 radical (unpaired) electrons. The largest absolute Gasteiger partial charge is 0.487 e. The first-order valence-corrected chi connectivity index (χ1v) is 25.7. The molecule has 6 N–H and O–H groups in total. The molecular formula is C53H62Cl2F2N12O4S. The molecule has 5 heterocycles. The third-order valence-corrected chi connectivity index (χ3v) is 14.2. The molecule has 2 saturated carbocycles. The van der Waals surface area contributed by atoms with E-state index in [2.05, 4.69) is 78.0 Å². The minimum absolute atomic E-state index is 0.0188. The second kappa shape index (κ2) is 22.6. The van der Waals surface area contributed by atoms with Crippen molar-refractivity contribution in [3.8, 4) is 11.5 Å². The highest BCUT2D eigenvalue weighted by Gasteiger charge is 2.44. The van der Waals surface area contributed by atoms with E-state index in [-0.39, 0.29) is 55.6 Å². The first-order valence-electron chi connectivity index (χ1n) is 24.6. The van der Waals surface area contributed by atoms with E-state index < -0.39 is 22.5 Å². The van der Waals surface area contributed by atoms with Crippen LogP contribution in [0.5, 0.6) is 11.5 Å². The number of hydrazine groups is 1. The minimum atomic E-state index is -0.736. The van der Waals surface area contributed by atoms with Gasteiger partial charge in [0.2, 0.25) is 11.8 Å². The third kappa shape index (κ3) is 12.7. The van der Waals surface area contributed by atoms with E-state index in [4.69, 9.17) is 65.1 Å². The number of ether oxygens (including phenoxy) is 2. The van der Waals surface area contributed by atoms with Crippen LogP contribution in [0.1, 0.15) is 110 Å². The van der Waals surface area contributed by atoms with Crippen LogP contribution in [0.3, 0.4) is 0 Å². The standard InChI is InChI=1S/C27H30ClFN6O2S.C26H32ClFN6O2/c1-26(2,3)35-22(12-15-30-35)32-21-9-4-6-17(31-21)16-27(24-33-34-25(38)37-24)13-10-18(11-14-27)36-20-8-5-7-19(28)23(20)29;1-25(2,3)34-22(12-15-30-34)32-21-9-4-6-17(31-21)16-26(24(35)33-29)13-10-18(11-14-26)36-20-8-5-7-19(27)23(20)28/h4-9,12,15,18H,10-11,13-14,16H2,1-3H3,(H,31,32)(H,34,38);4-9,12,15,18H,10-11,13-14,16,29H2,1-3H3,(H,31,32)(H,33,35). The first-order chi connectivity index (χ1) is 35.2. The lowest BCUT2D eigenvalue weighted by molar-refractivity contribution is -0.134. The van der Waals surface area contributed by atoms with Gasteiger partial charge in [0.15, 0.2) is 23.1 Å². The van der Waals surface area contributed by atoms with Gasteiger partial charge in [0.1, 0.15) is 23.3 Å². The van der Waals surface area contributed by atoms with E-state index in [0.29, 0.717) is 75.9 Å². The fraction of sp³-hybridized carbons (Fsp3) is 0.415. The molecular weight excluding hydrogens is 1010 g/mol. The van der Waals surface area contributed by atoms with Gasteiger partial charge in [-0.2, -0.15) is 10.2 Å². The summed E-state index contributed by atoms with van der Waals surface area (Å²) in [7, 11) is 0. The molecule has 2 aromatic carbocycles. The maximum atomic E-state index is 14.4. The number of nitrogens with one attached hydrogen (secondary N) is 4. The molecule has 7 aromatic rings. The van der Waals surface area contributed by atoms with Crippen LogP contribution >= 0.6 is 35.4 Å². The summed E-state index contributed by atoms with van der Waals surface area (Å²) in [6, 6.07) is 24.9. The normalized spacial score (nSPS) is 20.0. The number of halogens is 4. The lowest BCUT2D eigenvalue weighted by Gasteiger charge is -2.38. The number of rotatable bonds is 14. The number of H-pyrrole nitrogens is 1. The second-order valence-corrected chi connectivity index (χ2v) is 22.1. The minimum Gasteiger partial charge on any atom is -0.487 e. The summed E-state index contributed by atoms with van der Waals surface area (Å²) in [5.41, 5.74) is 2.46. The highest BCUT2D eigenvalue weighted by atomic mass is 35.5. The van der Waals surface area contributed by atoms with Gasteiger partial charge in [0, 0.05) is 36.4 Å². The van der Waals surface area contributed by atoms with Gasteiger partial charge in [-0.25, -0.2) is 39.1 Å². The Hall–Kier alpha value is -6.41. The Bertz CT molecular complexity index is 3100. The molecule has 0 atom stereocenters. The molecule has 5 aromatic heterocycles. The van der Waals surface area contributed by atoms with Gasteiger partial charge in [-0.15, -0.1) is 5.10 Å². The SMILES string of the molecule is CC(C)(C)n1nccc1Nc1cccc(CC2(C(=O)NN)CCC(Oc3cccc(Cl)c3F)CC2)n1.CC(C)(C)n1nccc1Nc1cccc(CC2(c3n[nH]c(=S)o3)CCC(Oc3cccc(Cl)c3F)CC2)n1. The first kappa shape index (κ1) is 53.9. The Balaban J connectivity index is 0.000000197. The third-order valence-electron chi connectivity index (χ3n) is 13.4. The van der Waals surface area contributed by atoms with Crippen molar-refractivity contribution in [1.82, 2.24) is 45.2 Å². The Morgan fingerprint density at radius 1 is 0.730 bits per heavy atom. The summed E-state index contributed by atoms with van der Waals surface area (Å²) in [5, 5.41) is 22.8. The van der Waals surface area contributed by atoms with E-state index in [9.17, 15) is 13.6 Å². The van der Waals surface area contributed by atoms with E-state index >= 15 is 0 Å². The molecule has 0 unspecified atom stereocenters.